The molecule has 0 radical (unpaired) electrons. The van der Waals surface area contributed by atoms with Crippen molar-refractivity contribution in [2.45, 2.75) is 19.9 Å². The van der Waals surface area contributed by atoms with Crippen LogP contribution in [0, 0.1) is 6.92 Å². The van der Waals surface area contributed by atoms with Gasteiger partial charge in [0, 0.05) is 13.0 Å². The van der Waals surface area contributed by atoms with E-state index in [2.05, 4.69) is 24.8 Å². The molecular formula is C14H13N5OS. The highest BCUT2D eigenvalue weighted by molar-refractivity contribution is 7.17. The first kappa shape index (κ1) is 12.5. The molecular weight excluding hydrogens is 286 g/mol. The molecule has 0 amide bonds. The van der Waals surface area contributed by atoms with E-state index in [1.165, 1.54) is 0 Å². The van der Waals surface area contributed by atoms with Gasteiger partial charge >= 0.3 is 0 Å². The summed E-state index contributed by atoms with van der Waals surface area (Å²) in [5.74, 6) is 1.58. The summed E-state index contributed by atoms with van der Waals surface area (Å²) in [4.78, 5) is 30.2. The van der Waals surface area contributed by atoms with Crippen LogP contribution in [-0.4, -0.2) is 26.5 Å². The number of hydrogen-bond acceptors (Lipinski definition) is 6. The number of fused-ring (bicyclic) bond motifs is 2. The van der Waals surface area contributed by atoms with Gasteiger partial charge in [0.05, 0.1) is 28.0 Å². The van der Waals surface area contributed by atoms with Gasteiger partial charge in [-0.25, -0.2) is 15.0 Å². The number of aryl methyl sites for hydroxylation is 1. The molecule has 0 fully saturated rings. The Balaban J connectivity index is 1.79. The summed E-state index contributed by atoms with van der Waals surface area (Å²) in [6.07, 6.45) is 2.34. The molecule has 3 aromatic rings. The lowest BCUT2D eigenvalue weighted by Crippen LogP contribution is -2.36. The van der Waals surface area contributed by atoms with Gasteiger partial charge in [-0.2, -0.15) is 0 Å². The van der Waals surface area contributed by atoms with E-state index in [-0.39, 0.29) is 5.56 Å². The highest BCUT2D eigenvalue weighted by atomic mass is 32.1. The molecule has 0 saturated carbocycles. The number of anilines is 1. The Labute approximate surface area is 124 Å². The SMILES string of the molecule is Cc1nc2c(c(=O)[nH]1)CN(c1ncnc3ccsc13)CC2. The second-order valence-corrected chi connectivity index (χ2v) is 6.00. The maximum atomic E-state index is 12.1. The Bertz CT molecular complexity index is 884. The summed E-state index contributed by atoms with van der Waals surface area (Å²) in [5, 5.41) is 2.01. The van der Waals surface area contributed by atoms with Crippen LogP contribution in [0.1, 0.15) is 17.1 Å². The molecule has 0 bridgehead atoms. The normalized spacial score (nSPS) is 14.4. The highest BCUT2D eigenvalue weighted by Gasteiger charge is 2.23. The average molecular weight is 299 g/mol. The van der Waals surface area contributed by atoms with Crippen molar-refractivity contribution in [3.63, 3.8) is 0 Å². The van der Waals surface area contributed by atoms with Crippen molar-refractivity contribution in [1.29, 1.82) is 0 Å². The first-order chi connectivity index (χ1) is 10.2. The van der Waals surface area contributed by atoms with Gasteiger partial charge in [-0.1, -0.05) is 0 Å². The van der Waals surface area contributed by atoms with E-state index in [1.807, 2.05) is 18.4 Å². The molecule has 106 valence electrons. The summed E-state index contributed by atoms with van der Waals surface area (Å²) < 4.78 is 1.07. The Hall–Kier alpha value is -2.28. The molecule has 3 aromatic heterocycles. The lowest BCUT2D eigenvalue weighted by Gasteiger charge is -2.28. The second-order valence-electron chi connectivity index (χ2n) is 5.08. The maximum Gasteiger partial charge on any atom is 0.256 e. The standard InChI is InChI=1S/C14H13N5OS/c1-8-17-10-2-4-19(6-9(10)14(20)18-8)13-12-11(3-5-21-12)15-7-16-13/h3,5,7H,2,4,6H2,1H3,(H,17,18,20). The number of aromatic amines is 1. The molecule has 0 spiro atoms. The smallest absolute Gasteiger partial charge is 0.256 e. The summed E-state index contributed by atoms with van der Waals surface area (Å²) in [6.45, 7) is 3.17. The molecule has 7 heteroatoms. The molecule has 1 aliphatic rings. The molecule has 0 aromatic carbocycles. The van der Waals surface area contributed by atoms with Crippen LogP contribution in [0.15, 0.2) is 22.6 Å². The van der Waals surface area contributed by atoms with Crippen LogP contribution in [0.2, 0.25) is 0 Å². The van der Waals surface area contributed by atoms with Crippen molar-refractivity contribution < 1.29 is 0 Å². The zero-order valence-corrected chi connectivity index (χ0v) is 12.3. The van der Waals surface area contributed by atoms with E-state index in [0.29, 0.717) is 12.4 Å². The third-order valence-electron chi connectivity index (χ3n) is 3.71. The van der Waals surface area contributed by atoms with Crippen LogP contribution in [0.5, 0.6) is 0 Å². The van der Waals surface area contributed by atoms with E-state index in [1.54, 1.807) is 17.7 Å². The fourth-order valence-corrected chi connectivity index (χ4v) is 3.59. The molecule has 1 aliphatic heterocycles. The van der Waals surface area contributed by atoms with E-state index >= 15 is 0 Å². The van der Waals surface area contributed by atoms with Crippen LogP contribution in [-0.2, 0) is 13.0 Å². The van der Waals surface area contributed by atoms with E-state index < -0.39 is 0 Å². The lowest BCUT2D eigenvalue weighted by molar-refractivity contribution is 0.686. The zero-order chi connectivity index (χ0) is 14.4. The number of nitrogens with one attached hydrogen (secondary N) is 1. The van der Waals surface area contributed by atoms with Crippen LogP contribution < -0.4 is 10.5 Å². The number of H-pyrrole nitrogens is 1. The molecule has 1 N–H and O–H groups in total. The monoisotopic (exact) mass is 299 g/mol. The van der Waals surface area contributed by atoms with Crippen molar-refractivity contribution in [2.75, 3.05) is 11.4 Å². The maximum absolute atomic E-state index is 12.1. The van der Waals surface area contributed by atoms with Gasteiger partial charge in [0.2, 0.25) is 0 Å². The number of aromatic nitrogens is 4. The first-order valence-electron chi connectivity index (χ1n) is 6.74. The van der Waals surface area contributed by atoms with Crippen LogP contribution in [0.25, 0.3) is 10.2 Å². The van der Waals surface area contributed by atoms with Crippen LogP contribution in [0.4, 0.5) is 5.82 Å². The van der Waals surface area contributed by atoms with Gasteiger partial charge in [0.1, 0.15) is 18.0 Å². The van der Waals surface area contributed by atoms with E-state index in [4.69, 9.17) is 0 Å². The van der Waals surface area contributed by atoms with E-state index in [0.717, 1.165) is 40.3 Å². The van der Waals surface area contributed by atoms with Crippen LogP contribution >= 0.6 is 11.3 Å². The Kier molecular flexibility index (Phi) is 2.75. The summed E-state index contributed by atoms with van der Waals surface area (Å²) >= 11 is 1.63. The highest BCUT2D eigenvalue weighted by Crippen LogP contribution is 2.30. The predicted octanol–water partition coefficient (Wildman–Crippen LogP) is 1.65. The third-order valence-corrected chi connectivity index (χ3v) is 4.61. The fourth-order valence-electron chi connectivity index (χ4n) is 2.73. The fraction of sp³-hybridized carbons (Fsp3) is 0.286. The van der Waals surface area contributed by atoms with Crippen molar-refractivity contribution in [1.82, 2.24) is 19.9 Å². The molecule has 0 saturated heterocycles. The van der Waals surface area contributed by atoms with Crippen molar-refractivity contribution in [2.24, 2.45) is 0 Å². The van der Waals surface area contributed by atoms with Gasteiger partial charge in [0.25, 0.3) is 5.56 Å². The summed E-state index contributed by atoms with van der Waals surface area (Å²) in [5.41, 5.74) is 2.56. The topological polar surface area (TPSA) is 74.8 Å². The van der Waals surface area contributed by atoms with Gasteiger partial charge in [0.15, 0.2) is 0 Å². The Morgan fingerprint density at radius 2 is 2.29 bits per heavy atom. The molecule has 6 nitrogen and oxygen atoms in total. The summed E-state index contributed by atoms with van der Waals surface area (Å²) in [7, 11) is 0. The number of nitrogens with zero attached hydrogens (tertiary/aromatic N) is 4. The van der Waals surface area contributed by atoms with Gasteiger partial charge < -0.3 is 9.88 Å². The minimum absolute atomic E-state index is 0.0429. The van der Waals surface area contributed by atoms with Crippen LogP contribution in [0.3, 0.4) is 0 Å². The average Bonchev–Trinajstić information content (AvgIpc) is 2.95. The van der Waals surface area contributed by atoms with Gasteiger partial charge in [-0.3, -0.25) is 4.79 Å². The molecule has 4 heterocycles. The molecule has 4 rings (SSSR count). The van der Waals surface area contributed by atoms with Crippen molar-refractivity contribution in [3.8, 4) is 0 Å². The van der Waals surface area contributed by atoms with Crippen molar-refractivity contribution >= 4 is 27.4 Å². The number of thiophene rings is 1. The first-order valence-corrected chi connectivity index (χ1v) is 7.62. The quantitative estimate of drug-likeness (QED) is 0.739. The second kappa shape index (κ2) is 4.63. The molecule has 0 atom stereocenters. The number of rotatable bonds is 1. The lowest BCUT2D eigenvalue weighted by atomic mass is 10.1. The Morgan fingerprint density at radius 1 is 1.38 bits per heavy atom. The number of hydrogen-bond donors (Lipinski definition) is 1. The third kappa shape index (κ3) is 2.01. The van der Waals surface area contributed by atoms with Crippen molar-refractivity contribution in [3.05, 3.63) is 45.2 Å². The molecule has 0 aliphatic carbocycles. The Morgan fingerprint density at radius 3 is 3.19 bits per heavy atom. The molecule has 0 unspecified atom stereocenters. The molecule has 21 heavy (non-hydrogen) atoms. The summed E-state index contributed by atoms with van der Waals surface area (Å²) in [6, 6.07) is 1.99. The minimum Gasteiger partial charge on any atom is -0.350 e. The predicted molar refractivity (Wildman–Crippen MR) is 81.8 cm³/mol. The van der Waals surface area contributed by atoms with Gasteiger partial charge in [-0.05, 0) is 18.4 Å². The van der Waals surface area contributed by atoms with Gasteiger partial charge in [-0.15, -0.1) is 11.3 Å². The van der Waals surface area contributed by atoms with E-state index in [9.17, 15) is 4.79 Å². The minimum atomic E-state index is -0.0429. The largest absolute Gasteiger partial charge is 0.350 e. The zero-order valence-electron chi connectivity index (χ0n) is 11.5.